The van der Waals surface area contributed by atoms with Gasteiger partial charge in [-0.25, -0.2) is 4.79 Å². The van der Waals surface area contributed by atoms with Gasteiger partial charge in [-0.15, -0.1) is 0 Å². The van der Waals surface area contributed by atoms with E-state index < -0.39 is 17.6 Å². The Morgan fingerprint density at radius 1 is 0.946 bits per heavy atom. The van der Waals surface area contributed by atoms with Gasteiger partial charge in [-0.3, -0.25) is 10.2 Å². The molecule has 0 bridgehead atoms. The summed E-state index contributed by atoms with van der Waals surface area (Å²) in [6, 6.07) is 23.6. The summed E-state index contributed by atoms with van der Waals surface area (Å²) in [5.41, 5.74) is 5.15. The van der Waals surface area contributed by atoms with E-state index in [1.165, 1.54) is 43.7 Å². The second kappa shape index (κ2) is 10.8. The Hall–Kier alpha value is -4.19. The highest BCUT2D eigenvalue weighted by Crippen LogP contribution is 2.38. The predicted octanol–water partition coefficient (Wildman–Crippen LogP) is 6.55. The summed E-state index contributed by atoms with van der Waals surface area (Å²) >= 11 is 0. The van der Waals surface area contributed by atoms with Crippen molar-refractivity contribution in [1.29, 1.82) is 5.41 Å². The number of carboxylic acids is 1. The number of amides is 1. The van der Waals surface area contributed by atoms with Crippen LogP contribution in [0.1, 0.15) is 54.7 Å². The molecule has 1 saturated carbocycles. The number of rotatable bonds is 7. The highest BCUT2D eigenvalue weighted by molar-refractivity contribution is 6.50. The molecule has 0 atom stereocenters. The fraction of sp³-hybridized carbons (Fsp3) is 0.258. The van der Waals surface area contributed by atoms with Gasteiger partial charge >= 0.3 is 5.97 Å². The molecule has 0 radical (unpaired) electrons. The molecule has 37 heavy (non-hydrogen) atoms. The Morgan fingerprint density at radius 3 is 2.38 bits per heavy atom. The van der Waals surface area contributed by atoms with Crippen LogP contribution in [0.3, 0.4) is 0 Å². The molecule has 6 nitrogen and oxygen atoms in total. The molecule has 3 aromatic rings. The molecule has 1 heterocycles. The lowest BCUT2D eigenvalue weighted by Gasteiger charge is -2.24. The minimum Gasteiger partial charge on any atom is -0.477 e. The molecule has 0 aromatic heterocycles. The largest absolute Gasteiger partial charge is 0.477 e. The number of anilines is 3. The van der Waals surface area contributed by atoms with Crippen molar-refractivity contribution >= 4 is 40.7 Å². The Morgan fingerprint density at radius 2 is 1.68 bits per heavy atom. The Balaban J connectivity index is 1.37. The van der Waals surface area contributed by atoms with E-state index in [0.29, 0.717) is 17.2 Å². The summed E-state index contributed by atoms with van der Waals surface area (Å²) < 4.78 is 0. The molecule has 1 aliphatic heterocycles. The zero-order valence-corrected chi connectivity index (χ0v) is 20.7. The number of aliphatic carboxylic acids is 1. The average Bonchev–Trinajstić information content (AvgIpc) is 3.35. The van der Waals surface area contributed by atoms with E-state index in [4.69, 9.17) is 5.41 Å². The van der Waals surface area contributed by atoms with Crippen LogP contribution in [-0.2, 0) is 16.0 Å². The molecule has 0 saturated heterocycles. The first kappa shape index (κ1) is 24.5. The van der Waals surface area contributed by atoms with Crippen molar-refractivity contribution in [3.8, 4) is 0 Å². The van der Waals surface area contributed by atoms with Gasteiger partial charge in [0.2, 0.25) is 0 Å². The maximum absolute atomic E-state index is 12.9. The fourth-order valence-electron chi connectivity index (χ4n) is 5.40. The van der Waals surface area contributed by atoms with Gasteiger partial charge in [-0.05, 0) is 84.3 Å². The number of hydrogen-bond donors (Lipinski definition) is 3. The SMILES string of the molecule is N=C(C(=O)O)/C(=C/c1ccc2c(c1)CCN2c1ccc(C2CCCCC2)cc1)C(=O)Nc1ccccc1. The number of carbonyl (C=O) groups excluding carboxylic acids is 1. The number of fused-ring (bicyclic) bond motifs is 1. The number of nitrogens with zero attached hydrogens (tertiary/aromatic N) is 1. The van der Waals surface area contributed by atoms with Crippen molar-refractivity contribution in [3.05, 3.63) is 95.1 Å². The summed E-state index contributed by atoms with van der Waals surface area (Å²) in [5, 5.41) is 20.1. The van der Waals surface area contributed by atoms with Gasteiger partial charge in [0.25, 0.3) is 5.91 Å². The third-order valence-electron chi connectivity index (χ3n) is 7.35. The Bertz CT molecular complexity index is 1340. The number of benzene rings is 3. The molecule has 1 aliphatic carbocycles. The summed E-state index contributed by atoms with van der Waals surface area (Å²) in [7, 11) is 0. The zero-order valence-electron chi connectivity index (χ0n) is 20.7. The van der Waals surface area contributed by atoms with Crippen LogP contribution in [0.15, 0.2) is 78.4 Å². The first-order valence-corrected chi connectivity index (χ1v) is 12.9. The van der Waals surface area contributed by atoms with E-state index in [2.05, 4.69) is 34.5 Å². The van der Waals surface area contributed by atoms with Gasteiger partial charge in [0.05, 0.1) is 5.57 Å². The van der Waals surface area contributed by atoms with Crippen molar-refractivity contribution < 1.29 is 14.7 Å². The van der Waals surface area contributed by atoms with Crippen LogP contribution in [0.5, 0.6) is 0 Å². The van der Waals surface area contributed by atoms with Gasteiger partial charge < -0.3 is 15.3 Å². The van der Waals surface area contributed by atoms with Crippen LogP contribution < -0.4 is 10.2 Å². The molecular weight excluding hydrogens is 462 g/mol. The average molecular weight is 494 g/mol. The maximum Gasteiger partial charge on any atom is 0.354 e. The molecule has 1 amide bonds. The van der Waals surface area contributed by atoms with Crippen molar-refractivity contribution in [3.63, 3.8) is 0 Å². The number of carbonyl (C=O) groups is 2. The van der Waals surface area contributed by atoms with E-state index in [-0.39, 0.29) is 5.57 Å². The summed E-state index contributed by atoms with van der Waals surface area (Å²) in [5.74, 6) is -1.39. The van der Waals surface area contributed by atoms with Crippen LogP contribution in [0.25, 0.3) is 6.08 Å². The van der Waals surface area contributed by atoms with Crippen LogP contribution in [0.4, 0.5) is 17.1 Å². The van der Waals surface area contributed by atoms with E-state index in [0.717, 1.165) is 29.9 Å². The van der Waals surface area contributed by atoms with Gasteiger partial charge in [0.1, 0.15) is 0 Å². The second-order valence-corrected chi connectivity index (χ2v) is 9.77. The van der Waals surface area contributed by atoms with Crippen LogP contribution in [0.2, 0.25) is 0 Å². The highest BCUT2D eigenvalue weighted by atomic mass is 16.4. The van der Waals surface area contributed by atoms with E-state index in [9.17, 15) is 14.7 Å². The molecule has 2 aliphatic rings. The topological polar surface area (TPSA) is 93.5 Å². The zero-order chi connectivity index (χ0) is 25.8. The predicted molar refractivity (Wildman–Crippen MR) is 148 cm³/mol. The monoisotopic (exact) mass is 493 g/mol. The van der Waals surface area contributed by atoms with Gasteiger partial charge in [-0.2, -0.15) is 0 Å². The highest BCUT2D eigenvalue weighted by Gasteiger charge is 2.24. The molecule has 5 rings (SSSR count). The molecule has 3 N–H and O–H groups in total. The lowest BCUT2D eigenvalue weighted by atomic mass is 9.84. The molecule has 188 valence electrons. The van der Waals surface area contributed by atoms with Crippen molar-refractivity contribution in [1.82, 2.24) is 0 Å². The number of carboxylic acid groups (broad SMARTS) is 1. The van der Waals surface area contributed by atoms with Crippen molar-refractivity contribution in [2.75, 3.05) is 16.8 Å². The molecule has 3 aromatic carbocycles. The van der Waals surface area contributed by atoms with E-state index in [1.807, 2.05) is 24.3 Å². The minimum atomic E-state index is -1.45. The third-order valence-corrected chi connectivity index (χ3v) is 7.35. The first-order valence-electron chi connectivity index (χ1n) is 12.9. The van der Waals surface area contributed by atoms with Crippen molar-refractivity contribution in [2.45, 2.75) is 44.4 Å². The van der Waals surface area contributed by atoms with E-state index in [1.54, 1.807) is 24.3 Å². The molecule has 0 spiro atoms. The lowest BCUT2D eigenvalue weighted by molar-refractivity contribution is -0.129. The molecule has 0 unspecified atom stereocenters. The van der Waals surface area contributed by atoms with Crippen LogP contribution >= 0.6 is 0 Å². The maximum atomic E-state index is 12.9. The summed E-state index contributed by atoms with van der Waals surface area (Å²) in [4.78, 5) is 26.7. The molecule has 6 heteroatoms. The van der Waals surface area contributed by atoms with Crippen LogP contribution in [-0.4, -0.2) is 29.2 Å². The number of nitrogens with one attached hydrogen (secondary N) is 2. The standard InChI is InChI=1S/C31H31N3O3/c32-29(31(36)37)27(30(35)33-25-9-5-2-6-10-25)20-21-11-16-28-24(19-21)17-18-34(28)26-14-12-23(13-15-26)22-7-3-1-4-8-22/h2,5-6,9-16,19-20,22,32H,1,3-4,7-8,17-18H2,(H,33,35)(H,36,37)/b27-20-,32-29?. The lowest BCUT2D eigenvalue weighted by Crippen LogP contribution is -2.25. The molecular formula is C31H31N3O3. The third kappa shape index (κ3) is 5.48. The second-order valence-electron chi connectivity index (χ2n) is 9.77. The van der Waals surface area contributed by atoms with Gasteiger partial charge in [0, 0.05) is 23.6 Å². The Kier molecular flexibility index (Phi) is 7.17. The van der Waals surface area contributed by atoms with Gasteiger partial charge in [0.15, 0.2) is 5.71 Å². The van der Waals surface area contributed by atoms with Crippen LogP contribution in [0, 0.1) is 5.41 Å². The summed E-state index contributed by atoms with van der Waals surface area (Å²) in [6.45, 7) is 0.859. The number of hydrogen-bond acceptors (Lipinski definition) is 4. The first-order chi connectivity index (χ1) is 18.0. The van der Waals surface area contributed by atoms with Gasteiger partial charge in [-0.1, -0.05) is 55.7 Å². The quantitative estimate of drug-likeness (QED) is 0.257. The normalized spacial score (nSPS) is 15.8. The number of para-hydroxylation sites is 1. The molecule has 1 fully saturated rings. The smallest absolute Gasteiger partial charge is 0.354 e. The minimum absolute atomic E-state index is 0.190. The fourth-order valence-corrected chi connectivity index (χ4v) is 5.40. The summed E-state index contributed by atoms with van der Waals surface area (Å²) in [6.07, 6.45) is 8.90. The van der Waals surface area contributed by atoms with Crippen molar-refractivity contribution in [2.24, 2.45) is 0 Å². The van der Waals surface area contributed by atoms with E-state index >= 15 is 0 Å². The Labute approximate surface area is 217 Å².